The maximum absolute atomic E-state index is 5.94. The lowest BCUT2D eigenvalue weighted by atomic mass is 9.76. The molecule has 2 rings (SSSR count). The highest BCUT2D eigenvalue weighted by molar-refractivity contribution is 5.23. The summed E-state index contributed by atoms with van der Waals surface area (Å²) in [4.78, 5) is 8.45. The SMILES string of the molecule is CNc1nccc(COC2CCC(C)(C)CC2)n1. The van der Waals surface area contributed by atoms with Crippen molar-refractivity contribution in [3.63, 3.8) is 0 Å². The van der Waals surface area contributed by atoms with Gasteiger partial charge >= 0.3 is 0 Å². The molecular weight excluding hydrogens is 226 g/mol. The zero-order valence-corrected chi connectivity index (χ0v) is 11.6. The molecule has 0 aliphatic heterocycles. The maximum Gasteiger partial charge on any atom is 0.222 e. The van der Waals surface area contributed by atoms with E-state index in [1.165, 1.54) is 12.8 Å². The van der Waals surface area contributed by atoms with Gasteiger partial charge in [-0.2, -0.15) is 0 Å². The van der Waals surface area contributed by atoms with Gasteiger partial charge in [0.1, 0.15) is 0 Å². The van der Waals surface area contributed by atoms with E-state index in [0.717, 1.165) is 18.5 Å². The van der Waals surface area contributed by atoms with Crippen LogP contribution in [0.2, 0.25) is 0 Å². The van der Waals surface area contributed by atoms with Crippen molar-refractivity contribution in [1.29, 1.82) is 0 Å². The van der Waals surface area contributed by atoms with E-state index < -0.39 is 0 Å². The fourth-order valence-electron chi connectivity index (χ4n) is 2.34. The Hall–Kier alpha value is -1.16. The van der Waals surface area contributed by atoms with Crippen molar-refractivity contribution in [2.75, 3.05) is 12.4 Å². The van der Waals surface area contributed by atoms with Gasteiger partial charge in [-0.3, -0.25) is 0 Å². The maximum atomic E-state index is 5.94. The van der Waals surface area contributed by atoms with Crippen LogP contribution in [0.15, 0.2) is 12.3 Å². The standard InChI is InChI=1S/C14H23N3O/c1-14(2)7-4-12(5-8-14)18-10-11-6-9-16-13(15-3)17-11/h6,9,12H,4-5,7-8,10H2,1-3H3,(H,15,16,17). The van der Waals surface area contributed by atoms with E-state index in [-0.39, 0.29) is 0 Å². The third kappa shape index (κ3) is 3.67. The van der Waals surface area contributed by atoms with Gasteiger partial charge in [0.05, 0.1) is 18.4 Å². The second-order valence-corrected chi connectivity index (χ2v) is 5.80. The molecule has 1 fully saturated rings. The molecule has 0 amide bonds. The predicted octanol–water partition coefficient (Wildman–Crippen LogP) is 3.00. The van der Waals surface area contributed by atoms with Gasteiger partial charge in [0, 0.05) is 13.2 Å². The Balaban J connectivity index is 1.81. The van der Waals surface area contributed by atoms with Crippen LogP contribution in [-0.4, -0.2) is 23.1 Å². The van der Waals surface area contributed by atoms with Gasteiger partial charge in [-0.25, -0.2) is 9.97 Å². The van der Waals surface area contributed by atoms with Crippen LogP contribution in [0.5, 0.6) is 0 Å². The predicted molar refractivity (Wildman–Crippen MR) is 72.4 cm³/mol. The molecule has 1 aliphatic carbocycles. The summed E-state index contributed by atoms with van der Waals surface area (Å²) in [5.41, 5.74) is 1.44. The van der Waals surface area contributed by atoms with Gasteiger partial charge < -0.3 is 10.1 Å². The van der Waals surface area contributed by atoms with Crippen molar-refractivity contribution in [3.8, 4) is 0 Å². The fraction of sp³-hybridized carbons (Fsp3) is 0.714. The van der Waals surface area contributed by atoms with E-state index in [4.69, 9.17) is 4.74 Å². The molecule has 0 atom stereocenters. The first-order valence-corrected chi connectivity index (χ1v) is 6.70. The Kier molecular flexibility index (Phi) is 4.17. The van der Waals surface area contributed by atoms with Gasteiger partial charge in [-0.15, -0.1) is 0 Å². The first-order valence-electron chi connectivity index (χ1n) is 6.70. The van der Waals surface area contributed by atoms with Crippen LogP contribution in [0.25, 0.3) is 0 Å². The lowest BCUT2D eigenvalue weighted by Gasteiger charge is -2.34. The number of ether oxygens (including phenoxy) is 1. The van der Waals surface area contributed by atoms with E-state index in [2.05, 4.69) is 29.1 Å². The molecule has 0 unspecified atom stereocenters. The van der Waals surface area contributed by atoms with Crippen molar-refractivity contribution in [1.82, 2.24) is 9.97 Å². The van der Waals surface area contributed by atoms with E-state index in [1.54, 1.807) is 6.20 Å². The Morgan fingerprint density at radius 2 is 2.11 bits per heavy atom. The summed E-state index contributed by atoms with van der Waals surface area (Å²) < 4.78 is 5.94. The van der Waals surface area contributed by atoms with E-state index >= 15 is 0 Å². The van der Waals surface area contributed by atoms with Gasteiger partial charge in [0.2, 0.25) is 5.95 Å². The lowest BCUT2D eigenvalue weighted by Crippen LogP contribution is -2.26. The molecule has 0 aromatic carbocycles. The molecule has 4 nitrogen and oxygen atoms in total. The highest BCUT2D eigenvalue weighted by atomic mass is 16.5. The molecule has 0 radical (unpaired) electrons. The summed E-state index contributed by atoms with van der Waals surface area (Å²) in [6.45, 7) is 5.27. The summed E-state index contributed by atoms with van der Waals surface area (Å²) in [7, 11) is 1.82. The number of anilines is 1. The zero-order chi connectivity index (χ0) is 13.0. The lowest BCUT2D eigenvalue weighted by molar-refractivity contribution is -0.00687. The van der Waals surface area contributed by atoms with Crippen molar-refractivity contribution in [2.45, 2.75) is 52.2 Å². The van der Waals surface area contributed by atoms with Crippen molar-refractivity contribution >= 4 is 5.95 Å². The van der Waals surface area contributed by atoms with Gasteiger partial charge in [-0.1, -0.05) is 13.8 Å². The quantitative estimate of drug-likeness (QED) is 0.891. The second-order valence-electron chi connectivity index (χ2n) is 5.80. The summed E-state index contributed by atoms with van der Waals surface area (Å²) in [6.07, 6.45) is 6.99. The van der Waals surface area contributed by atoms with Gasteiger partial charge in [0.15, 0.2) is 0 Å². The van der Waals surface area contributed by atoms with Crippen LogP contribution < -0.4 is 5.32 Å². The number of nitrogens with zero attached hydrogens (tertiary/aromatic N) is 2. The minimum atomic E-state index is 0.394. The molecule has 100 valence electrons. The van der Waals surface area contributed by atoms with E-state index in [9.17, 15) is 0 Å². The average Bonchev–Trinajstić information content (AvgIpc) is 2.38. The molecule has 0 bridgehead atoms. The molecule has 1 aliphatic rings. The van der Waals surface area contributed by atoms with Crippen LogP contribution in [0.4, 0.5) is 5.95 Å². The van der Waals surface area contributed by atoms with Crippen LogP contribution in [0.3, 0.4) is 0 Å². The molecule has 1 N–H and O–H groups in total. The molecule has 1 aromatic heterocycles. The van der Waals surface area contributed by atoms with E-state index in [1.807, 2.05) is 13.1 Å². The first kappa shape index (κ1) is 13.3. The number of nitrogens with one attached hydrogen (secondary N) is 1. The minimum absolute atomic E-state index is 0.394. The number of hydrogen-bond donors (Lipinski definition) is 1. The molecule has 18 heavy (non-hydrogen) atoms. The average molecular weight is 249 g/mol. The van der Waals surface area contributed by atoms with Crippen molar-refractivity contribution < 1.29 is 4.74 Å². The van der Waals surface area contributed by atoms with Crippen LogP contribution in [-0.2, 0) is 11.3 Å². The Bertz CT molecular complexity index is 382. The second kappa shape index (κ2) is 5.65. The number of hydrogen-bond acceptors (Lipinski definition) is 4. The molecule has 1 saturated carbocycles. The molecule has 0 saturated heterocycles. The fourth-order valence-corrected chi connectivity index (χ4v) is 2.34. The first-order chi connectivity index (χ1) is 8.59. The zero-order valence-electron chi connectivity index (χ0n) is 11.6. The molecule has 0 spiro atoms. The third-order valence-corrected chi connectivity index (χ3v) is 3.69. The van der Waals surface area contributed by atoms with Gasteiger partial charge in [0.25, 0.3) is 0 Å². The minimum Gasteiger partial charge on any atom is -0.372 e. The Morgan fingerprint density at radius 3 is 2.78 bits per heavy atom. The largest absolute Gasteiger partial charge is 0.372 e. The Morgan fingerprint density at radius 1 is 1.39 bits per heavy atom. The topological polar surface area (TPSA) is 47.0 Å². The highest BCUT2D eigenvalue weighted by Gasteiger charge is 2.27. The molecular formula is C14H23N3O. The van der Waals surface area contributed by atoms with Crippen LogP contribution in [0, 0.1) is 5.41 Å². The molecule has 4 heteroatoms. The normalized spacial score (nSPS) is 19.7. The summed E-state index contributed by atoms with van der Waals surface area (Å²) >= 11 is 0. The van der Waals surface area contributed by atoms with Crippen molar-refractivity contribution in [3.05, 3.63) is 18.0 Å². The monoisotopic (exact) mass is 249 g/mol. The summed E-state index contributed by atoms with van der Waals surface area (Å²) in [5.74, 6) is 0.654. The van der Waals surface area contributed by atoms with Crippen LogP contribution >= 0.6 is 0 Å². The molecule has 1 heterocycles. The Labute approximate surface area is 109 Å². The van der Waals surface area contributed by atoms with Crippen LogP contribution in [0.1, 0.15) is 45.2 Å². The summed E-state index contributed by atoms with van der Waals surface area (Å²) in [6, 6.07) is 1.91. The van der Waals surface area contributed by atoms with E-state index in [0.29, 0.717) is 24.1 Å². The molecule has 1 aromatic rings. The summed E-state index contributed by atoms with van der Waals surface area (Å²) in [5, 5.41) is 2.94. The van der Waals surface area contributed by atoms with Crippen molar-refractivity contribution in [2.24, 2.45) is 5.41 Å². The smallest absolute Gasteiger partial charge is 0.222 e. The number of rotatable bonds is 4. The van der Waals surface area contributed by atoms with Gasteiger partial charge in [-0.05, 0) is 37.2 Å². The number of aromatic nitrogens is 2. The third-order valence-electron chi connectivity index (χ3n) is 3.69. The highest BCUT2D eigenvalue weighted by Crippen LogP contribution is 2.36.